The largest absolute Gasteiger partial charge is 0.347 e. The minimum absolute atomic E-state index is 0.0268. The summed E-state index contributed by atoms with van der Waals surface area (Å²) in [5.41, 5.74) is 0.364. The Labute approximate surface area is 128 Å². The molecule has 2 rings (SSSR count). The first-order valence-corrected chi connectivity index (χ1v) is 6.96. The van der Waals surface area contributed by atoms with Gasteiger partial charge in [-0.25, -0.2) is 4.98 Å². The van der Waals surface area contributed by atoms with Crippen LogP contribution in [0.2, 0.25) is 0 Å². The number of nitrogens with one attached hydrogen (secondary N) is 2. The van der Waals surface area contributed by atoms with Crippen LogP contribution in [0, 0.1) is 6.92 Å². The Morgan fingerprint density at radius 3 is 2.64 bits per heavy atom. The highest BCUT2D eigenvalue weighted by Crippen LogP contribution is 2.23. The molecule has 0 aliphatic heterocycles. The van der Waals surface area contributed by atoms with E-state index in [2.05, 4.69) is 15.3 Å². The Morgan fingerprint density at radius 2 is 2.05 bits per heavy atom. The lowest BCUT2D eigenvalue weighted by molar-refractivity contribution is -0.0401. The number of halogens is 2. The van der Waals surface area contributed by atoms with Crippen molar-refractivity contribution < 1.29 is 13.8 Å². The van der Waals surface area contributed by atoms with Gasteiger partial charge in [0.05, 0.1) is 4.75 Å². The second-order valence-electron chi connectivity index (χ2n) is 4.34. The van der Waals surface area contributed by atoms with Crippen LogP contribution in [0.25, 0.3) is 0 Å². The molecule has 0 spiro atoms. The number of aromatic amines is 1. The molecule has 0 fully saturated rings. The molecule has 0 radical (unpaired) electrons. The number of rotatable bonds is 5. The number of carbonyl (C=O) groups is 1. The topological polar surface area (TPSA) is 78.1 Å². The Kier molecular flexibility index (Phi) is 5.23. The Bertz CT molecular complexity index is 719. The van der Waals surface area contributed by atoms with E-state index in [-0.39, 0.29) is 12.2 Å². The van der Waals surface area contributed by atoms with Crippen molar-refractivity contribution in [2.24, 2.45) is 0 Å². The predicted molar refractivity (Wildman–Crippen MR) is 77.1 cm³/mol. The van der Waals surface area contributed by atoms with Crippen molar-refractivity contribution in [2.75, 3.05) is 0 Å². The van der Waals surface area contributed by atoms with Crippen molar-refractivity contribution >= 4 is 17.9 Å². The zero-order chi connectivity index (χ0) is 16.1. The summed E-state index contributed by atoms with van der Waals surface area (Å²) < 4.78 is 23.1. The number of benzene rings is 1. The molecule has 0 saturated carbocycles. The molecule has 22 heavy (non-hydrogen) atoms. The fourth-order valence-corrected chi connectivity index (χ4v) is 2.13. The summed E-state index contributed by atoms with van der Waals surface area (Å²) in [5, 5.41) is 2.61. The van der Waals surface area contributed by atoms with Gasteiger partial charge in [-0.3, -0.25) is 9.59 Å². The lowest BCUT2D eigenvalue weighted by Gasteiger charge is -2.06. The molecule has 0 aliphatic rings. The van der Waals surface area contributed by atoms with Crippen LogP contribution in [0.4, 0.5) is 8.96 Å². The van der Waals surface area contributed by atoms with Gasteiger partial charge in [0.1, 0.15) is 11.5 Å². The summed E-state index contributed by atoms with van der Waals surface area (Å²) >= 11 is 0.296. The number of H-pyrrole nitrogens is 1. The minimum Gasteiger partial charge on any atom is -0.347 e. The Hall–Kier alpha value is -2.26. The highest BCUT2D eigenvalue weighted by Gasteiger charge is 2.09. The minimum atomic E-state index is -0.988. The first-order chi connectivity index (χ1) is 10.4. The van der Waals surface area contributed by atoms with Gasteiger partial charge in [-0.1, -0.05) is 21.1 Å². The van der Waals surface area contributed by atoms with Crippen molar-refractivity contribution in [3.63, 3.8) is 0 Å². The molecule has 2 aromatic rings. The average molecular weight is 326 g/mol. The van der Waals surface area contributed by atoms with E-state index < -0.39 is 16.2 Å². The molecular weight excluding hydrogens is 314 g/mol. The molecule has 6 nitrogen and oxygen atoms in total. The van der Waals surface area contributed by atoms with E-state index in [1.165, 1.54) is 12.1 Å². The summed E-state index contributed by atoms with van der Waals surface area (Å²) in [6, 6.07) is 7.41. The van der Waals surface area contributed by atoms with Crippen molar-refractivity contribution in [3.8, 4) is 0 Å². The van der Waals surface area contributed by atoms with Crippen molar-refractivity contribution in [2.45, 2.75) is 18.4 Å². The lowest BCUT2D eigenvalue weighted by Crippen LogP contribution is -2.26. The van der Waals surface area contributed by atoms with Crippen LogP contribution in [0.3, 0.4) is 0 Å². The van der Waals surface area contributed by atoms with E-state index >= 15 is 0 Å². The second kappa shape index (κ2) is 7.14. The normalized spacial score (nSPS) is 10.7. The molecule has 2 N–H and O–H groups in total. The van der Waals surface area contributed by atoms with E-state index in [9.17, 15) is 18.6 Å². The van der Waals surface area contributed by atoms with Gasteiger partial charge >= 0.3 is 0 Å². The SMILES string of the molecule is Cc1nc(C(=O)NCc2ccc(SN(F)F)cc2)cc(=O)[nH]1. The van der Waals surface area contributed by atoms with Gasteiger partial charge < -0.3 is 10.3 Å². The number of amides is 1. The first kappa shape index (κ1) is 16.1. The fraction of sp³-hybridized carbons (Fsp3) is 0.154. The third-order valence-electron chi connectivity index (χ3n) is 2.64. The lowest BCUT2D eigenvalue weighted by atomic mass is 10.2. The zero-order valence-electron chi connectivity index (χ0n) is 11.5. The van der Waals surface area contributed by atoms with Gasteiger partial charge in [0.15, 0.2) is 0 Å². The maximum absolute atomic E-state index is 12.0. The number of carbonyl (C=O) groups excluding carboxylic acids is 1. The van der Waals surface area contributed by atoms with Crippen LogP contribution in [-0.2, 0) is 6.54 Å². The van der Waals surface area contributed by atoms with Crippen molar-refractivity contribution in [1.29, 1.82) is 0 Å². The van der Waals surface area contributed by atoms with E-state index in [0.29, 0.717) is 22.7 Å². The Balaban J connectivity index is 1.97. The maximum Gasteiger partial charge on any atom is 0.270 e. The molecule has 1 heterocycles. The van der Waals surface area contributed by atoms with E-state index in [1.807, 2.05) is 0 Å². The molecule has 116 valence electrons. The maximum atomic E-state index is 12.0. The molecule has 0 unspecified atom stereocenters. The van der Waals surface area contributed by atoms with Crippen LogP contribution < -0.4 is 10.9 Å². The predicted octanol–water partition coefficient (Wildman–Crippen LogP) is 2.09. The van der Waals surface area contributed by atoms with Gasteiger partial charge in [0, 0.05) is 29.5 Å². The quantitative estimate of drug-likeness (QED) is 0.650. The number of nitrogens with zero attached hydrogens (tertiary/aromatic N) is 2. The van der Waals surface area contributed by atoms with Gasteiger partial charge in [-0.05, 0) is 24.6 Å². The molecule has 1 aromatic heterocycles. The number of hydrogen-bond donors (Lipinski definition) is 2. The summed E-state index contributed by atoms with van der Waals surface area (Å²) in [6.07, 6.45) is 0. The highest BCUT2D eigenvalue weighted by molar-refractivity contribution is 7.96. The molecule has 9 heteroatoms. The summed E-state index contributed by atoms with van der Waals surface area (Å²) in [5.74, 6) is -0.132. The van der Waals surface area contributed by atoms with Crippen molar-refractivity contribution in [3.05, 3.63) is 57.8 Å². The molecule has 0 saturated heterocycles. The first-order valence-electron chi connectivity index (χ1n) is 6.19. The summed E-state index contributed by atoms with van der Waals surface area (Å²) in [6.45, 7) is 1.78. The average Bonchev–Trinajstić information content (AvgIpc) is 2.44. The number of hydrogen-bond acceptors (Lipinski definition) is 5. The number of aryl methyl sites for hydroxylation is 1. The van der Waals surface area contributed by atoms with Crippen LogP contribution >= 0.6 is 11.9 Å². The van der Waals surface area contributed by atoms with Crippen LogP contribution in [-0.4, -0.2) is 20.6 Å². The molecule has 0 bridgehead atoms. The molecule has 0 atom stereocenters. The van der Waals surface area contributed by atoms with E-state index in [1.54, 1.807) is 19.1 Å². The highest BCUT2D eigenvalue weighted by atomic mass is 32.2. The summed E-state index contributed by atoms with van der Waals surface area (Å²) in [4.78, 5) is 29.9. The third kappa shape index (κ3) is 4.64. The van der Waals surface area contributed by atoms with E-state index in [4.69, 9.17) is 0 Å². The molecule has 1 aromatic carbocycles. The third-order valence-corrected chi connectivity index (χ3v) is 3.26. The standard InChI is InChI=1S/C13H12F2N4O2S/c1-8-17-11(6-12(20)18-8)13(21)16-7-9-2-4-10(5-3-9)22-19(14)15/h2-6H,7H2,1H3,(H,16,21)(H,17,18,20). The van der Waals surface area contributed by atoms with Crippen LogP contribution in [0.5, 0.6) is 0 Å². The van der Waals surface area contributed by atoms with Gasteiger partial charge in [0.2, 0.25) is 0 Å². The van der Waals surface area contributed by atoms with E-state index in [0.717, 1.165) is 11.6 Å². The fourth-order valence-electron chi connectivity index (χ4n) is 1.72. The summed E-state index contributed by atoms with van der Waals surface area (Å²) in [7, 11) is 0. The van der Waals surface area contributed by atoms with Crippen LogP contribution in [0.15, 0.2) is 40.0 Å². The molecule has 1 amide bonds. The monoisotopic (exact) mass is 326 g/mol. The van der Waals surface area contributed by atoms with Gasteiger partial charge in [0.25, 0.3) is 11.5 Å². The Morgan fingerprint density at radius 1 is 1.36 bits per heavy atom. The number of aromatic nitrogens is 2. The smallest absolute Gasteiger partial charge is 0.270 e. The van der Waals surface area contributed by atoms with Gasteiger partial charge in [-0.2, -0.15) is 0 Å². The van der Waals surface area contributed by atoms with Gasteiger partial charge in [-0.15, -0.1) is 0 Å². The molecular formula is C13H12F2N4O2S. The second-order valence-corrected chi connectivity index (χ2v) is 5.27. The van der Waals surface area contributed by atoms with Crippen molar-refractivity contribution in [1.82, 2.24) is 20.0 Å². The van der Waals surface area contributed by atoms with Crippen LogP contribution in [0.1, 0.15) is 21.9 Å². The zero-order valence-corrected chi connectivity index (χ0v) is 12.3. The molecule has 0 aliphatic carbocycles.